The van der Waals surface area contributed by atoms with Gasteiger partial charge in [-0.05, 0) is 50.8 Å². The van der Waals surface area contributed by atoms with Crippen LogP contribution in [-0.4, -0.2) is 61.2 Å². The van der Waals surface area contributed by atoms with Gasteiger partial charge in [0.25, 0.3) is 5.56 Å². The average Bonchev–Trinajstić information content (AvgIpc) is 3.50. The van der Waals surface area contributed by atoms with Crippen molar-refractivity contribution in [3.05, 3.63) is 57.8 Å². The molecule has 0 spiro atoms. The van der Waals surface area contributed by atoms with Crippen molar-refractivity contribution >= 4 is 34.6 Å². The topological polar surface area (TPSA) is 144 Å². The molecule has 3 aromatic rings. The third-order valence-electron chi connectivity index (χ3n) is 7.80. The summed E-state index contributed by atoms with van der Waals surface area (Å²) in [6, 6.07) is 6.69. The van der Waals surface area contributed by atoms with Crippen LogP contribution in [0.25, 0.3) is 11.0 Å². The van der Waals surface area contributed by atoms with Crippen LogP contribution in [0.5, 0.6) is 0 Å². The molecule has 200 valence electrons. The highest BCUT2D eigenvalue weighted by molar-refractivity contribution is 5.96. The molecule has 2 aromatic heterocycles. The molecule has 11 nitrogen and oxygen atoms in total. The zero-order valence-corrected chi connectivity index (χ0v) is 21.6. The number of nitrogens with zero attached hydrogens (tertiary/aromatic N) is 5. The minimum atomic E-state index is -1.01. The van der Waals surface area contributed by atoms with Crippen molar-refractivity contribution in [2.45, 2.75) is 58.7 Å². The van der Waals surface area contributed by atoms with Crippen molar-refractivity contribution in [3.63, 3.8) is 0 Å². The molecule has 0 saturated carbocycles. The first-order valence-electron chi connectivity index (χ1n) is 12.9. The minimum absolute atomic E-state index is 0.0275. The van der Waals surface area contributed by atoms with Gasteiger partial charge in [0.05, 0.1) is 22.6 Å². The number of hydrogen-bond acceptors (Lipinski definition) is 5. The molecule has 4 heterocycles. The van der Waals surface area contributed by atoms with E-state index in [1.807, 2.05) is 24.5 Å². The lowest BCUT2D eigenvalue weighted by atomic mass is 9.94. The Labute approximate surface area is 219 Å². The summed E-state index contributed by atoms with van der Waals surface area (Å²) in [4.78, 5) is 57.4. The summed E-state index contributed by atoms with van der Waals surface area (Å²) in [5, 5.41) is 9.90. The van der Waals surface area contributed by atoms with Crippen LogP contribution in [0.2, 0.25) is 0 Å². The maximum atomic E-state index is 13.4. The number of amides is 3. The summed E-state index contributed by atoms with van der Waals surface area (Å²) in [7, 11) is 0. The lowest BCUT2D eigenvalue weighted by Crippen LogP contribution is -2.41. The molecule has 5 rings (SSSR count). The number of fused-ring (bicyclic) bond motifs is 3. The number of aryl methyl sites for hydroxylation is 4. The molecule has 3 amide bonds. The second kappa shape index (κ2) is 9.96. The van der Waals surface area contributed by atoms with Gasteiger partial charge < -0.3 is 24.9 Å². The predicted octanol–water partition coefficient (Wildman–Crippen LogP) is 1.90. The van der Waals surface area contributed by atoms with Crippen LogP contribution < -0.4 is 16.2 Å². The van der Waals surface area contributed by atoms with E-state index in [0.717, 1.165) is 16.6 Å². The van der Waals surface area contributed by atoms with Gasteiger partial charge in [-0.15, -0.1) is 0 Å². The van der Waals surface area contributed by atoms with Gasteiger partial charge in [0.2, 0.25) is 11.8 Å². The predicted molar refractivity (Wildman–Crippen MR) is 141 cm³/mol. The Morgan fingerprint density at radius 2 is 2.00 bits per heavy atom. The molecule has 2 atom stereocenters. The smallest absolute Gasteiger partial charge is 0.412 e. The number of primary amides is 1. The second-order valence-electron chi connectivity index (χ2n) is 10.3. The van der Waals surface area contributed by atoms with Crippen LogP contribution in [-0.2, 0) is 35.5 Å². The standard InChI is InChI=1S/C27H32N6O5/c1-16-13-20-19(7-6-17(2)33(20)27(37)38)24-25(16)32(15-23(35)31-11-8-18(14-31)26(28)36)21(29-24)9-12-30-10-4-3-5-22(30)34/h3-5,10,13,17-18H,6-9,11-12,14-15H2,1-2H3,(H2,28,36)(H,37,38). The first-order chi connectivity index (χ1) is 18.2. The number of anilines is 1. The van der Waals surface area contributed by atoms with Crippen molar-refractivity contribution in [3.8, 4) is 0 Å². The van der Waals surface area contributed by atoms with Crippen molar-refractivity contribution < 1.29 is 19.5 Å². The summed E-state index contributed by atoms with van der Waals surface area (Å²) >= 11 is 0. The van der Waals surface area contributed by atoms with Crippen LogP contribution in [0.15, 0.2) is 35.3 Å². The van der Waals surface area contributed by atoms with Crippen molar-refractivity contribution in [1.82, 2.24) is 19.0 Å². The lowest BCUT2D eigenvalue weighted by Gasteiger charge is -2.33. The van der Waals surface area contributed by atoms with E-state index in [0.29, 0.717) is 62.3 Å². The van der Waals surface area contributed by atoms with Gasteiger partial charge in [-0.1, -0.05) is 6.07 Å². The zero-order valence-electron chi connectivity index (χ0n) is 21.6. The highest BCUT2D eigenvalue weighted by Gasteiger charge is 2.33. The molecule has 3 N–H and O–H groups in total. The van der Waals surface area contributed by atoms with Crippen molar-refractivity contribution in [2.24, 2.45) is 11.7 Å². The number of carbonyl (C=O) groups is 3. The molecule has 1 saturated heterocycles. The molecule has 2 unspecified atom stereocenters. The van der Waals surface area contributed by atoms with Crippen LogP contribution in [0.4, 0.5) is 10.5 Å². The molecule has 1 aromatic carbocycles. The third-order valence-corrected chi connectivity index (χ3v) is 7.80. The zero-order chi connectivity index (χ0) is 27.1. The SMILES string of the molecule is Cc1cc2c(c3nc(CCn4ccccc4=O)n(CC(=O)N4CCC(C(N)=O)C4)c13)CCC(C)N2C(=O)O. The molecule has 0 aliphatic carbocycles. The van der Waals surface area contributed by atoms with E-state index >= 15 is 0 Å². The summed E-state index contributed by atoms with van der Waals surface area (Å²) in [6.45, 7) is 4.97. The molecule has 2 aliphatic rings. The van der Waals surface area contributed by atoms with E-state index < -0.39 is 12.0 Å². The van der Waals surface area contributed by atoms with Gasteiger partial charge in [-0.3, -0.25) is 19.3 Å². The quantitative estimate of drug-likeness (QED) is 0.508. The number of carboxylic acid groups (broad SMARTS) is 1. The fourth-order valence-corrected chi connectivity index (χ4v) is 5.75. The van der Waals surface area contributed by atoms with Crippen LogP contribution in [0.3, 0.4) is 0 Å². The number of likely N-dealkylation sites (tertiary alicyclic amines) is 1. The molecular formula is C27H32N6O5. The summed E-state index contributed by atoms with van der Waals surface area (Å²) in [5.74, 6) is -0.237. The van der Waals surface area contributed by atoms with E-state index in [9.17, 15) is 24.3 Å². The average molecular weight is 521 g/mol. The first kappa shape index (κ1) is 25.5. The second-order valence-corrected chi connectivity index (χ2v) is 10.3. The number of nitrogens with two attached hydrogens (primary N) is 1. The van der Waals surface area contributed by atoms with E-state index in [-0.39, 0.29) is 30.0 Å². The summed E-state index contributed by atoms with van der Waals surface area (Å²) in [5.41, 5.74) is 9.12. The molecule has 0 radical (unpaired) electrons. The molecule has 0 bridgehead atoms. The largest absolute Gasteiger partial charge is 0.465 e. The Balaban J connectivity index is 1.57. The fourth-order valence-electron chi connectivity index (χ4n) is 5.75. The van der Waals surface area contributed by atoms with Crippen LogP contribution in [0, 0.1) is 12.8 Å². The number of aromatic nitrogens is 3. The molecule has 1 fully saturated rings. The Kier molecular flexibility index (Phi) is 6.68. The lowest BCUT2D eigenvalue weighted by molar-refractivity contribution is -0.131. The van der Waals surface area contributed by atoms with Gasteiger partial charge in [0, 0.05) is 49.9 Å². The minimum Gasteiger partial charge on any atom is -0.465 e. The number of rotatable bonds is 6. The molecular weight excluding hydrogens is 488 g/mol. The molecule has 38 heavy (non-hydrogen) atoms. The van der Waals surface area contributed by atoms with Crippen LogP contribution >= 0.6 is 0 Å². The molecule has 11 heteroatoms. The third kappa shape index (κ3) is 4.52. The van der Waals surface area contributed by atoms with E-state index in [2.05, 4.69) is 0 Å². The van der Waals surface area contributed by atoms with Gasteiger partial charge in [-0.2, -0.15) is 0 Å². The van der Waals surface area contributed by atoms with E-state index in [1.165, 1.54) is 11.0 Å². The van der Waals surface area contributed by atoms with Crippen LogP contribution in [0.1, 0.15) is 36.7 Å². The first-order valence-corrected chi connectivity index (χ1v) is 12.9. The van der Waals surface area contributed by atoms with Crippen molar-refractivity contribution in [1.29, 1.82) is 0 Å². The normalized spacial score (nSPS) is 19.1. The van der Waals surface area contributed by atoms with Crippen molar-refractivity contribution in [2.75, 3.05) is 18.0 Å². The maximum absolute atomic E-state index is 13.4. The highest BCUT2D eigenvalue weighted by Crippen LogP contribution is 2.38. The number of carbonyl (C=O) groups excluding carboxylic acids is 2. The monoisotopic (exact) mass is 520 g/mol. The molecule has 2 aliphatic heterocycles. The van der Waals surface area contributed by atoms with Gasteiger partial charge in [0.1, 0.15) is 12.4 Å². The summed E-state index contributed by atoms with van der Waals surface area (Å²) in [6.07, 6.45) is 3.00. The highest BCUT2D eigenvalue weighted by atomic mass is 16.4. The van der Waals surface area contributed by atoms with E-state index in [1.54, 1.807) is 27.8 Å². The summed E-state index contributed by atoms with van der Waals surface area (Å²) < 4.78 is 3.49. The van der Waals surface area contributed by atoms with Gasteiger partial charge >= 0.3 is 6.09 Å². The Hall–Kier alpha value is -4.15. The van der Waals surface area contributed by atoms with E-state index in [4.69, 9.17) is 10.7 Å². The number of hydrogen-bond donors (Lipinski definition) is 2. The van der Waals surface area contributed by atoms with Gasteiger partial charge in [0.15, 0.2) is 0 Å². The Bertz CT molecular complexity index is 1490. The van der Waals surface area contributed by atoms with Gasteiger partial charge in [-0.25, -0.2) is 9.78 Å². The maximum Gasteiger partial charge on any atom is 0.412 e. The fraction of sp³-hybridized carbons (Fsp3) is 0.444. The number of pyridine rings is 1. The Morgan fingerprint density at radius 1 is 1.21 bits per heavy atom. The number of benzene rings is 1. The Morgan fingerprint density at radius 3 is 2.68 bits per heavy atom. The number of imidazole rings is 1.